The zero-order valence-corrected chi connectivity index (χ0v) is 15.5. The number of aryl methyl sites for hydroxylation is 1. The van der Waals surface area contributed by atoms with E-state index in [0.29, 0.717) is 11.5 Å². The summed E-state index contributed by atoms with van der Waals surface area (Å²) in [6, 6.07) is 11.8. The van der Waals surface area contributed by atoms with E-state index < -0.39 is 0 Å². The first-order valence-electron chi connectivity index (χ1n) is 8.56. The van der Waals surface area contributed by atoms with E-state index in [1.54, 1.807) is 27.5 Å². The quantitative estimate of drug-likeness (QED) is 0.599. The summed E-state index contributed by atoms with van der Waals surface area (Å²) in [5, 5.41) is 4.02. The van der Waals surface area contributed by atoms with E-state index in [1.165, 1.54) is 0 Å². The second kappa shape index (κ2) is 7.95. The Balaban J connectivity index is 2.12. The minimum atomic E-state index is 0.673. The number of nitrogens with zero attached hydrogens (tertiary/aromatic N) is 1. The molecule has 0 saturated heterocycles. The van der Waals surface area contributed by atoms with Gasteiger partial charge in [-0.05, 0) is 35.7 Å². The summed E-state index contributed by atoms with van der Waals surface area (Å²) in [6.07, 6.45) is 3.65. The Morgan fingerprint density at radius 2 is 1.62 bits per heavy atom. The van der Waals surface area contributed by atoms with E-state index in [1.807, 2.05) is 30.3 Å². The van der Waals surface area contributed by atoms with Crippen molar-refractivity contribution in [1.82, 2.24) is 5.16 Å². The molecule has 0 atom stereocenters. The maximum atomic E-state index is 5.61. The summed E-state index contributed by atoms with van der Waals surface area (Å²) < 4.78 is 21.9. The molecule has 1 aromatic heterocycles. The van der Waals surface area contributed by atoms with Gasteiger partial charge in [0, 0.05) is 11.6 Å². The molecule has 0 aliphatic rings. The van der Waals surface area contributed by atoms with Crippen molar-refractivity contribution >= 4 is 0 Å². The lowest BCUT2D eigenvalue weighted by molar-refractivity contribution is 0.388. The molecule has 5 heteroatoms. The molecule has 3 aromatic rings. The fourth-order valence-electron chi connectivity index (χ4n) is 3.02. The van der Waals surface area contributed by atoms with Gasteiger partial charge in [-0.15, -0.1) is 0 Å². The number of aromatic nitrogens is 1. The predicted octanol–water partition coefficient (Wildman–Crippen LogP) is 4.99. The standard InChI is InChI=1S/C21H23NO4/c1-5-6-15-11-17(20(25-4)12-19(15)24-3)21-18(13-22-26-21)14-7-9-16(23-2)10-8-14/h7-13H,5-6H2,1-4H3. The van der Waals surface area contributed by atoms with E-state index in [4.69, 9.17) is 18.7 Å². The van der Waals surface area contributed by atoms with Crippen LogP contribution in [-0.2, 0) is 6.42 Å². The van der Waals surface area contributed by atoms with Crippen LogP contribution in [0.3, 0.4) is 0 Å². The Labute approximate surface area is 153 Å². The molecule has 0 aliphatic carbocycles. The zero-order valence-electron chi connectivity index (χ0n) is 15.5. The van der Waals surface area contributed by atoms with Crippen molar-refractivity contribution < 1.29 is 18.7 Å². The molecule has 1 heterocycles. The molecule has 0 radical (unpaired) electrons. The van der Waals surface area contributed by atoms with E-state index in [-0.39, 0.29) is 0 Å². The molecule has 2 aromatic carbocycles. The normalized spacial score (nSPS) is 10.6. The van der Waals surface area contributed by atoms with E-state index >= 15 is 0 Å². The van der Waals surface area contributed by atoms with Crippen LogP contribution in [0.5, 0.6) is 17.2 Å². The van der Waals surface area contributed by atoms with E-state index in [9.17, 15) is 0 Å². The van der Waals surface area contributed by atoms with Crippen LogP contribution in [0.2, 0.25) is 0 Å². The first-order chi connectivity index (χ1) is 12.7. The largest absolute Gasteiger partial charge is 0.497 e. The number of hydrogen-bond acceptors (Lipinski definition) is 5. The molecule has 0 saturated carbocycles. The highest BCUT2D eigenvalue weighted by molar-refractivity contribution is 5.83. The van der Waals surface area contributed by atoms with Gasteiger partial charge in [-0.1, -0.05) is 30.6 Å². The summed E-state index contributed by atoms with van der Waals surface area (Å²) in [6.45, 7) is 2.14. The van der Waals surface area contributed by atoms with Gasteiger partial charge in [0.2, 0.25) is 0 Å². The van der Waals surface area contributed by atoms with Crippen LogP contribution >= 0.6 is 0 Å². The lowest BCUT2D eigenvalue weighted by Gasteiger charge is -2.14. The summed E-state index contributed by atoms with van der Waals surface area (Å²) in [4.78, 5) is 0. The zero-order chi connectivity index (χ0) is 18.5. The summed E-state index contributed by atoms with van der Waals surface area (Å²) in [5.74, 6) is 2.98. The van der Waals surface area contributed by atoms with Crippen LogP contribution in [0.15, 0.2) is 47.1 Å². The lowest BCUT2D eigenvalue weighted by Crippen LogP contribution is -1.96. The third kappa shape index (κ3) is 3.38. The average Bonchev–Trinajstić information content (AvgIpc) is 3.17. The minimum Gasteiger partial charge on any atom is -0.497 e. The van der Waals surface area contributed by atoms with Gasteiger partial charge in [0.15, 0.2) is 5.76 Å². The molecule has 0 fully saturated rings. The highest BCUT2D eigenvalue weighted by atomic mass is 16.5. The van der Waals surface area contributed by atoms with Crippen LogP contribution in [0.1, 0.15) is 18.9 Å². The van der Waals surface area contributed by atoms with Gasteiger partial charge >= 0.3 is 0 Å². The summed E-state index contributed by atoms with van der Waals surface area (Å²) in [5.41, 5.74) is 3.87. The van der Waals surface area contributed by atoms with Gasteiger partial charge in [-0.3, -0.25) is 0 Å². The maximum Gasteiger partial charge on any atom is 0.178 e. The molecule has 0 bridgehead atoms. The first kappa shape index (κ1) is 17.9. The van der Waals surface area contributed by atoms with Crippen molar-refractivity contribution in [2.45, 2.75) is 19.8 Å². The number of rotatable bonds is 7. The number of benzene rings is 2. The molecule has 26 heavy (non-hydrogen) atoms. The molecule has 3 rings (SSSR count). The topological polar surface area (TPSA) is 53.7 Å². The molecule has 5 nitrogen and oxygen atoms in total. The third-order valence-electron chi connectivity index (χ3n) is 4.34. The van der Waals surface area contributed by atoms with Crippen LogP contribution < -0.4 is 14.2 Å². The maximum absolute atomic E-state index is 5.61. The minimum absolute atomic E-state index is 0.673. The van der Waals surface area contributed by atoms with Crippen molar-refractivity contribution in [3.63, 3.8) is 0 Å². The molecule has 0 spiro atoms. The second-order valence-corrected chi connectivity index (χ2v) is 5.91. The number of hydrogen-bond donors (Lipinski definition) is 0. The van der Waals surface area contributed by atoms with Gasteiger partial charge in [0.05, 0.1) is 33.1 Å². The monoisotopic (exact) mass is 353 g/mol. The SMILES string of the molecule is CCCc1cc(-c2oncc2-c2ccc(OC)cc2)c(OC)cc1OC. The molecular formula is C21H23NO4. The van der Waals surface area contributed by atoms with Crippen molar-refractivity contribution in [1.29, 1.82) is 0 Å². The van der Waals surface area contributed by atoms with Crippen molar-refractivity contribution in [3.8, 4) is 39.7 Å². The average molecular weight is 353 g/mol. The van der Waals surface area contributed by atoms with Gasteiger partial charge < -0.3 is 18.7 Å². The molecular weight excluding hydrogens is 330 g/mol. The van der Waals surface area contributed by atoms with Crippen molar-refractivity contribution in [2.75, 3.05) is 21.3 Å². The van der Waals surface area contributed by atoms with E-state index in [0.717, 1.165) is 46.6 Å². The summed E-state index contributed by atoms with van der Waals surface area (Å²) in [7, 11) is 4.96. The fourth-order valence-corrected chi connectivity index (χ4v) is 3.02. The third-order valence-corrected chi connectivity index (χ3v) is 4.34. The smallest absolute Gasteiger partial charge is 0.178 e. The molecule has 0 amide bonds. The number of ether oxygens (including phenoxy) is 3. The van der Waals surface area contributed by atoms with Gasteiger partial charge in [0.25, 0.3) is 0 Å². The van der Waals surface area contributed by atoms with Crippen molar-refractivity contribution in [2.24, 2.45) is 0 Å². The predicted molar refractivity (Wildman–Crippen MR) is 101 cm³/mol. The van der Waals surface area contributed by atoms with Gasteiger partial charge in [-0.2, -0.15) is 0 Å². The number of methoxy groups -OCH3 is 3. The Hall–Kier alpha value is -2.95. The lowest BCUT2D eigenvalue weighted by atomic mass is 9.98. The van der Waals surface area contributed by atoms with Crippen LogP contribution in [0.25, 0.3) is 22.5 Å². The fraction of sp³-hybridized carbons (Fsp3) is 0.286. The molecule has 0 N–H and O–H groups in total. The Bertz CT molecular complexity index is 868. The van der Waals surface area contributed by atoms with Crippen LogP contribution in [0.4, 0.5) is 0 Å². The Kier molecular flexibility index (Phi) is 5.46. The highest BCUT2D eigenvalue weighted by Crippen LogP contribution is 2.41. The second-order valence-electron chi connectivity index (χ2n) is 5.91. The first-order valence-corrected chi connectivity index (χ1v) is 8.56. The molecule has 0 aliphatic heterocycles. The highest BCUT2D eigenvalue weighted by Gasteiger charge is 2.20. The Morgan fingerprint density at radius 1 is 0.885 bits per heavy atom. The Morgan fingerprint density at radius 3 is 2.23 bits per heavy atom. The van der Waals surface area contributed by atoms with Crippen LogP contribution in [-0.4, -0.2) is 26.5 Å². The van der Waals surface area contributed by atoms with Gasteiger partial charge in [0.1, 0.15) is 17.2 Å². The molecule has 0 unspecified atom stereocenters. The van der Waals surface area contributed by atoms with Crippen molar-refractivity contribution in [3.05, 3.63) is 48.2 Å². The van der Waals surface area contributed by atoms with E-state index in [2.05, 4.69) is 18.1 Å². The van der Waals surface area contributed by atoms with Crippen LogP contribution in [0, 0.1) is 0 Å². The molecule has 136 valence electrons. The van der Waals surface area contributed by atoms with Gasteiger partial charge in [-0.25, -0.2) is 0 Å². The summed E-state index contributed by atoms with van der Waals surface area (Å²) >= 11 is 0.